The Morgan fingerprint density at radius 1 is 1.88 bits per heavy atom. The summed E-state index contributed by atoms with van der Waals surface area (Å²) in [5, 5.41) is 0.0579. The predicted molar refractivity (Wildman–Crippen MR) is 33.7 cm³/mol. The van der Waals surface area contributed by atoms with Crippen LogP contribution < -0.4 is 5.73 Å². The number of halogens is 1. The lowest BCUT2D eigenvalue weighted by Crippen LogP contribution is -2.11. The molecule has 48 valence electrons. The van der Waals surface area contributed by atoms with Gasteiger partial charge in [-0.3, -0.25) is 4.79 Å². The number of alkyl halides is 1. The first-order valence-electron chi connectivity index (χ1n) is 2.55. The molecule has 0 aliphatic heterocycles. The first-order chi connectivity index (χ1) is 3.63. The van der Waals surface area contributed by atoms with Crippen molar-refractivity contribution in [3.63, 3.8) is 0 Å². The summed E-state index contributed by atoms with van der Waals surface area (Å²) in [6.07, 6.45) is 1.07. The molecule has 0 saturated carbocycles. The highest BCUT2D eigenvalue weighted by Gasteiger charge is 1.97. The van der Waals surface area contributed by atoms with Gasteiger partial charge in [0.15, 0.2) is 0 Å². The van der Waals surface area contributed by atoms with Crippen molar-refractivity contribution >= 4 is 17.5 Å². The molecule has 1 atom stereocenters. The molecule has 0 aromatic rings. The van der Waals surface area contributed by atoms with Crippen LogP contribution in [0.4, 0.5) is 0 Å². The van der Waals surface area contributed by atoms with E-state index >= 15 is 0 Å². The molecule has 0 aliphatic rings. The monoisotopic (exact) mass is 135 g/mol. The molecule has 0 aliphatic carbocycles. The molecule has 1 unspecified atom stereocenters. The maximum atomic E-state index is 10.1. The molecule has 0 aromatic heterocycles. The second-order valence-corrected chi connectivity index (χ2v) is 2.53. The van der Waals surface area contributed by atoms with Gasteiger partial charge < -0.3 is 5.73 Å². The number of hydrogen-bond donors (Lipinski definition) is 1. The third-order valence-electron chi connectivity index (χ3n) is 0.789. The van der Waals surface area contributed by atoms with E-state index in [-0.39, 0.29) is 11.3 Å². The molecule has 0 bridgehead atoms. The summed E-state index contributed by atoms with van der Waals surface area (Å²) in [5.41, 5.74) is 4.84. The van der Waals surface area contributed by atoms with Crippen molar-refractivity contribution in [1.29, 1.82) is 0 Å². The van der Waals surface area contributed by atoms with E-state index in [2.05, 4.69) is 0 Å². The maximum Gasteiger partial charge on any atom is 0.217 e. The summed E-state index contributed by atoms with van der Waals surface area (Å²) in [6.45, 7) is 1.84. The second-order valence-electron chi connectivity index (χ2n) is 1.79. The van der Waals surface area contributed by atoms with Gasteiger partial charge in [-0.25, -0.2) is 0 Å². The summed E-state index contributed by atoms with van der Waals surface area (Å²) in [7, 11) is 0. The lowest BCUT2D eigenvalue weighted by atomic mass is 10.2. The normalized spacial score (nSPS) is 13.2. The quantitative estimate of drug-likeness (QED) is 0.574. The lowest BCUT2D eigenvalue weighted by Gasteiger charge is -1.96. The van der Waals surface area contributed by atoms with Crippen LogP contribution in [0, 0.1) is 0 Å². The summed E-state index contributed by atoms with van der Waals surface area (Å²) >= 11 is 5.51. The van der Waals surface area contributed by atoms with Gasteiger partial charge in [0.2, 0.25) is 5.91 Å². The van der Waals surface area contributed by atoms with Crippen LogP contribution in [-0.4, -0.2) is 11.3 Å². The summed E-state index contributed by atoms with van der Waals surface area (Å²) in [5.74, 6) is -0.280. The molecule has 1 amide bonds. The summed E-state index contributed by atoms with van der Waals surface area (Å²) < 4.78 is 0. The molecule has 0 spiro atoms. The van der Waals surface area contributed by atoms with Crippen molar-refractivity contribution in [3.8, 4) is 0 Å². The predicted octanol–water partition coefficient (Wildman–Crippen LogP) is 0.879. The van der Waals surface area contributed by atoms with E-state index in [9.17, 15) is 4.79 Å². The molecular formula is C5H10ClNO. The van der Waals surface area contributed by atoms with Crippen LogP contribution in [0.3, 0.4) is 0 Å². The van der Waals surface area contributed by atoms with E-state index in [1.807, 2.05) is 6.92 Å². The van der Waals surface area contributed by atoms with Crippen LogP contribution in [0.15, 0.2) is 0 Å². The number of nitrogens with two attached hydrogens (primary N) is 1. The highest BCUT2D eigenvalue weighted by Crippen LogP contribution is 2.01. The Bertz CT molecular complexity index is 82.5. The maximum absolute atomic E-state index is 10.1. The fourth-order valence-corrected chi connectivity index (χ4v) is 0.450. The van der Waals surface area contributed by atoms with E-state index in [0.29, 0.717) is 12.8 Å². The van der Waals surface area contributed by atoms with E-state index in [4.69, 9.17) is 17.3 Å². The minimum atomic E-state index is -0.280. The zero-order chi connectivity index (χ0) is 6.57. The third-order valence-corrected chi connectivity index (χ3v) is 1.01. The van der Waals surface area contributed by atoms with Crippen LogP contribution in [0.1, 0.15) is 19.8 Å². The highest BCUT2D eigenvalue weighted by atomic mass is 35.5. The fraction of sp³-hybridized carbons (Fsp3) is 0.800. The third kappa shape index (κ3) is 5.76. The van der Waals surface area contributed by atoms with Crippen LogP contribution in [0.25, 0.3) is 0 Å². The van der Waals surface area contributed by atoms with Gasteiger partial charge in [0.25, 0.3) is 0 Å². The molecule has 0 aromatic carbocycles. The fourth-order valence-electron chi connectivity index (χ4n) is 0.341. The topological polar surface area (TPSA) is 43.1 Å². The van der Waals surface area contributed by atoms with Crippen molar-refractivity contribution in [2.75, 3.05) is 0 Å². The van der Waals surface area contributed by atoms with Gasteiger partial charge in [-0.1, -0.05) is 0 Å². The van der Waals surface area contributed by atoms with Gasteiger partial charge in [-0.2, -0.15) is 0 Å². The molecule has 3 heteroatoms. The Kier molecular flexibility index (Phi) is 3.61. The van der Waals surface area contributed by atoms with Crippen molar-refractivity contribution in [2.45, 2.75) is 25.1 Å². The van der Waals surface area contributed by atoms with Gasteiger partial charge in [0, 0.05) is 11.8 Å². The number of hydrogen-bond acceptors (Lipinski definition) is 1. The number of carbonyl (C=O) groups is 1. The van der Waals surface area contributed by atoms with Crippen LogP contribution in [0.2, 0.25) is 0 Å². The van der Waals surface area contributed by atoms with E-state index in [1.54, 1.807) is 0 Å². The Hall–Kier alpha value is -0.240. The molecule has 0 radical (unpaired) electrons. The molecule has 2 nitrogen and oxygen atoms in total. The minimum Gasteiger partial charge on any atom is -0.370 e. The molecule has 0 heterocycles. The first kappa shape index (κ1) is 7.76. The number of carbonyl (C=O) groups excluding carboxylic acids is 1. The standard InChI is InChI=1S/C5H10ClNO/c1-4(6)2-3-5(7)8/h4H,2-3H2,1H3,(H2,7,8). The lowest BCUT2D eigenvalue weighted by molar-refractivity contribution is -0.118. The van der Waals surface area contributed by atoms with Crippen molar-refractivity contribution < 1.29 is 4.79 Å². The van der Waals surface area contributed by atoms with Crippen LogP contribution in [-0.2, 0) is 4.79 Å². The van der Waals surface area contributed by atoms with Crippen molar-refractivity contribution in [3.05, 3.63) is 0 Å². The van der Waals surface area contributed by atoms with Gasteiger partial charge in [-0.15, -0.1) is 11.6 Å². The zero-order valence-corrected chi connectivity index (χ0v) is 5.61. The Balaban J connectivity index is 3.05. The second kappa shape index (κ2) is 3.72. The molecule has 0 fully saturated rings. The van der Waals surface area contributed by atoms with Gasteiger partial charge in [0.1, 0.15) is 0 Å². The molecule has 0 saturated heterocycles. The summed E-state index contributed by atoms with van der Waals surface area (Å²) in [4.78, 5) is 10.1. The van der Waals surface area contributed by atoms with E-state index < -0.39 is 0 Å². The number of rotatable bonds is 3. The number of primary amides is 1. The first-order valence-corrected chi connectivity index (χ1v) is 2.99. The van der Waals surface area contributed by atoms with Crippen LogP contribution >= 0.6 is 11.6 Å². The Morgan fingerprint density at radius 3 is 2.50 bits per heavy atom. The molecule has 0 rings (SSSR count). The summed E-state index contributed by atoms with van der Waals surface area (Å²) in [6, 6.07) is 0. The largest absolute Gasteiger partial charge is 0.370 e. The van der Waals surface area contributed by atoms with Crippen molar-refractivity contribution in [2.24, 2.45) is 5.73 Å². The van der Waals surface area contributed by atoms with Gasteiger partial charge in [-0.05, 0) is 13.3 Å². The molecular weight excluding hydrogens is 126 g/mol. The minimum absolute atomic E-state index is 0.0579. The van der Waals surface area contributed by atoms with Gasteiger partial charge >= 0.3 is 0 Å². The van der Waals surface area contributed by atoms with Gasteiger partial charge in [0.05, 0.1) is 0 Å². The molecule has 8 heavy (non-hydrogen) atoms. The number of amides is 1. The smallest absolute Gasteiger partial charge is 0.217 e. The highest BCUT2D eigenvalue weighted by molar-refractivity contribution is 6.20. The van der Waals surface area contributed by atoms with E-state index in [1.165, 1.54) is 0 Å². The average molecular weight is 136 g/mol. The Morgan fingerprint density at radius 2 is 2.38 bits per heavy atom. The Labute approximate surface area is 54.0 Å². The van der Waals surface area contributed by atoms with Crippen molar-refractivity contribution in [1.82, 2.24) is 0 Å². The molecule has 2 N–H and O–H groups in total. The average Bonchev–Trinajstić information content (AvgIpc) is 1.61. The van der Waals surface area contributed by atoms with E-state index in [0.717, 1.165) is 0 Å². The van der Waals surface area contributed by atoms with Crippen LogP contribution in [0.5, 0.6) is 0 Å². The zero-order valence-electron chi connectivity index (χ0n) is 4.86. The SMILES string of the molecule is CC(Cl)CCC(N)=O.